The molecule has 1 aromatic rings. The molecule has 0 saturated carbocycles. The predicted octanol–water partition coefficient (Wildman–Crippen LogP) is 0.675. The lowest BCUT2D eigenvalue weighted by molar-refractivity contribution is 0.101. The molecule has 15 heavy (non-hydrogen) atoms. The fraction of sp³-hybridized carbons (Fsp3) is 0.200. The van der Waals surface area contributed by atoms with Crippen LogP contribution in [0.25, 0.3) is 0 Å². The fourth-order valence-electron chi connectivity index (χ4n) is 1.32. The van der Waals surface area contributed by atoms with E-state index in [1.807, 2.05) is 0 Å². The minimum absolute atomic E-state index is 0.176. The Morgan fingerprint density at radius 3 is 2.20 bits per heavy atom. The number of ketones is 1. The third-order valence-corrected chi connectivity index (χ3v) is 2.01. The van der Waals surface area contributed by atoms with E-state index in [4.69, 9.17) is 0 Å². The van der Waals surface area contributed by atoms with Gasteiger partial charge in [-0.3, -0.25) is 9.59 Å². The van der Waals surface area contributed by atoms with Crippen LogP contribution in [0.5, 0.6) is 17.2 Å². The molecule has 0 aliphatic carbocycles. The van der Waals surface area contributed by atoms with Gasteiger partial charge < -0.3 is 15.3 Å². The zero-order valence-corrected chi connectivity index (χ0v) is 8.24. The molecule has 0 atom stereocenters. The van der Waals surface area contributed by atoms with Crippen molar-refractivity contribution in [3.63, 3.8) is 0 Å². The molecule has 3 N–H and O–H groups in total. The molecule has 0 saturated heterocycles. The molecule has 0 aliphatic heterocycles. The summed E-state index contributed by atoms with van der Waals surface area (Å²) < 4.78 is 0. The molecule has 0 heterocycles. The molecule has 0 aromatic heterocycles. The van der Waals surface area contributed by atoms with Gasteiger partial charge in [-0.2, -0.15) is 0 Å². The van der Waals surface area contributed by atoms with Crippen molar-refractivity contribution in [1.82, 2.24) is 0 Å². The first-order valence-electron chi connectivity index (χ1n) is 4.16. The van der Waals surface area contributed by atoms with Crippen molar-refractivity contribution in [3.05, 3.63) is 27.4 Å². The summed E-state index contributed by atoms with van der Waals surface area (Å²) in [6.45, 7) is 2.62. The number of carbonyl (C=O) groups excluding carboxylic acids is 1. The van der Waals surface area contributed by atoms with E-state index in [0.29, 0.717) is 0 Å². The lowest BCUT2D eigenvalue weighted by Gasteiger charge is -1.99. The number of hydrogen-bond donors (Lipinski definition) is 3. The topological polar surface area (TPSA) is 94.8 Å². The molecule has 0 spiro atoms. The predicted molar refractivity (Wildman–Crippen MR) is 52.4 cm³/mol. The Hall–Kier alpha value is -2.04. The van der Waals surface area contributed by atoms with Crippen LogP contribution in [-0.4, -0.2) is 21.1 Å². The van der Waals surface area contributed by atoms with E-state index in [1.165, 1.54) is 13.8 Å². The third kappa shape index (κ3) is 1.76. The van der Waals surface area contributed by atoms with Crippen LogP contribution in [0.3, 0.4) is 0 Å². The highest BCUT2D eigenvalue weighted by molar-refractivity contribution is 5.98. The lowest BCUT2D eigenvalue weighted by Crippen LogP contribution is -1.97. The molecule has 0 unspecified atom stereocenters. The zero-order valence-electron chi connectivity index (χ0n) is 8.24. The molecule has 0 amide bonds. The Bertz CT molecular complexity index is 490. The van der Waals surface area contributed by atoms with Crippen molar-refractivity contribution < 1.29 is 20.1 Å². The van der Waals surface area contributed by atoms with E-state index >= 15 is 0 Å². The summed E-state index contributed by atoms with van der Waals surface area (Å²) in [6, 6.07) is 1.03. The van der Waals surface area contributed by atoms with Crippen LogP contribution in [-0.2, 0) is 0 Å². The second-order valence-electron chi connectivity index (χ2n) is 3.17. The molecule has 0 bridgehead atoms. The Kier molecular flexibility index (Phi) is 2.65. The standard InChI is InChI=1S/C10H10O5/c1-4-3-6(12)8(13)10(15)9(14)7(4)5(2)11/h3H,1-2H3,(H3,12,13,14,15). The van der Waals surface area contributed by atoms with Crippen LogP contribution in [0.1, 0.15) is 22.8 Å². The van der Waals surface area contributed by atoms with E-state index < -0.39 is 28.5 Å². The van der Waals surface area contributed by atoms with Gasteiger partial charge in [0, 0.05) is 0 Å². The van der Waals surface area contributed by atoms with Crippen molar-refractivity contribution in [2.75, 3.05) is 0 Å². The van der Waals surface area contributed by atoms with Gasteiger partial charge in [0.05, 0.1) is 5.56 Å². The summed E-state index contributed by atoms with van der Waals surface area (Å²) in [6.07, 6.45) is 0. The van der Waals surface area contributed by atoms with Crippen molar-refractivity contribution in [2.24, 2.45) is 0 Å². The zero-order chi connectivity index (χ0) is 11.7. The summed E-state index contributed by atoms with van der Waals surface area (Å²) in [5.41, 5.74) is -1.07. The highest BCUT2D eigenvalue weighted by Gasteiger charge is 2.17. The van der Waals surface area contributed by atoms with Crippen LogP contribution in [0, 0.1) is 6.92 Å². The molecule has 0 fully saturated rings. The monoisotopic (exact) mass is 210 g/mol. The summed E-state index contributed by atoms with van der Waals surface area (Å²) in [5, 5.41) is 27.8. The molecule has 5 nitrogen and oxygen atoms in total. The number of aryl methyl sites for hydroxylation is 1. The molecule has 1 aromatic carbocycles. The van der Waals surface area contributed by atoms with Crippen molar-refractivity contribution >= 4 is 5.78 Å². The van der Waals surface area contributed by atoms with Gasteiger partial charge in [-0.15, -0.1) is 0 Å². The molecule has 5 heteroatoms. The highest BCUT2D eigenvalue weighted by Crippen LogP contribution is 2.29. The Labute approximate surface area is 85.2 Å². The van der Waals surface area contributed by atoms with E-state index in [9.17, 15) is 24.9 Å². The maximum Gasteiger partial charge on any atom is 0.265 e. The first-order chi connectivity index (χ1) is 6.86. The minimum Gasteiger partial charge on any atom is -0.504 e. The SMILES string of the molecule is CC(=O)c1c(C)cc(O)c(=O)c(O)c1O. The second kappa shape index (κ2) is 3.61. The smallest absolute Gasteiger partial charge is 0.265 e. The van der Waals surface area contributed by atoms with Gasteiger partial charge in [0.15, 0.2) is 17.3 Å². The Balaban J connectivity index is 3.88. The van der Waals surface area contributed by atoms with Gasteiger partial charge >= 0.3 is 0 Å². The number of hydrogen-bond acceptors (Lipinski definition) is 5. The molecular weight excluding hydrogens is 200 g/mol. The summed E-state index contributed by atoms with van der Waals surface area (Å²) in [7, 11) is 0. The highest BCUT2D eigenvalue weighted by atomic mass is 16.3. The lowest BCUT2D eigenvalue weighted by atomic mass is 10.1. The quantitative estimate of drug-likeness (QED) is 0.592. The molecule has 80 valence electrons. The summed E-state index contributed by atoms with van der Waals surface area (Å²) in [5.74, 6) is -3.04. The largest absolute Gasteiger partial charge is 0.504 e. The molecule has 0 aliphatic rings. The van der Waals surface area contributed by atoms with Crippen LogP contribution in [0.4, 0.5) is 0 Å². The van der Waals surface area contributed by atoms with E-state index in [2.05, 4.69) is 0 Å². The molecular formula is C10H10O5. The minimum atomic E-state index is -1.11. The number of carbonyl (C=O) groups is 1. The second-order valence-corrected chi connectivity index (χ2v) is 3.17. The van der Waals surface area contributed by atoms with E-state index in [1.54, 1.807) is 0 Å². The summed E-state index contributed by atoms with van der Waals surface area (Å²) in [4.78, 5) is 22.3. The fourth-order valence-corrected chi connectivity index (χ4v) is 1.32. The Morgan fingerprint density at radius 2 is 1.73 bits per heavy atom. The maximum atomic E-state index is 11.1. The number of rotatable bonds is 1. The third-order valence-electron chi connectivity index (χ3n) is 2.01. The Morgan fingerprint density at radius 1 is 1.20 bits per heavy atom. The van der Waals surface area contributed by atoms with Crippen molar-refractivity contribution in [2.45, 2.75) is 13.8 Å². The van der Waals surface area contributed by atoms with E-state index in [0.717, 1.165) is 6.07 Å². The van der Waals surface area contributed by atoms with Gasteiger partial charge in [-0.1, -0.05) is 0 Å². The maximum absolute atomic E-state index is 11.1. The average Bonchev–Trinajstić information content (AvgIpc) is 2.19. The van der Waals surface area contributed by atoms with E-state index in [-0.39, 0.29) is 11.1 Å². The average molecular weight is 210 g/mol. The van der Waals surface area contributed by atoms with Crippen molar-refractivity contribution in [3.8, 4) is 17.2 Å². The van der Waals surface area contributed by atoms with Gasteiger partial charge in [-0.05, 0) is 25.5 Å². The molecule has 0 radical (unpaired) electrons. The van der Waals surface area contributed by atoms with Crippen LogP contribution in [0.15, 0.2) is 10.9 Å². The van der Waals surface area contributed by atoms with Crippen LogP contribution in [0.2, 0.25) is 0 Å². The number of aromatic hydroxyl groups is 3. The van der Waals surface area contributed by atoms with Gasteiger partial charge in [0.1, 0.15) is 0 Å². The van der Waals surface area contributed by atoms with Crippen LogP contribution < -0.4 is 5.43 Å². The number of Topliss-reactive ketones (excluding diaryl/α,β-unsaturated/α-hetero) is 1. The van der Waals surface area contributed by atoms with Gasteiger partial charge in [-0.25, -0.2) is 0 Å². The van der Waals surface area contributed by atoms with Gasteiger partial charge in [0.2, 0.25) is 5.75 Å². The first-order valence-corrected chi connectivity index (χ1v) is 4.16. The first kappa shape index (κ1) is 11.0. The van der Waals surface area contributed by atoms with Crippen LogP contribution >= 0.6 is 0 Å². The normalized spacial score (nSPS) is 10.0. The van der Waals surface area contributed by atoms with Gasteiger partial charge in [0.25, 0.3) is 5.43 Å². The molecule has 1 rings (SSSR count). The summed E-state index contributed by atoms with van der Waals surface area (Å²) >= 11 is 0. The van der Waals surface area contributed by atoms with Crippen molar-refractivity contribution in [1.29, 1.82) is 0 Å².